The van der Waals surface area contributed by atoms with E-state index < -0.39 is 64.1 Å². The van der Waals surface area contributed by atoms with E-state index in [1.165, 1.54) is 10.8 Å². The van der Waals surface area contributed by atoms with Gasteiger partial charge in [-0.05, 0) is 48.2 Å². The fraction of sp³-hybridized carbons (Fsp3) is 0.297. The molecule has 1 amide bonds. The Hall–Kier alpha value is -4.91. The number of carbonyl (C=O) groups excluding carboxylic acids is 1. The van der Waals surface area contributed by atoms with E-state index in [4.69, 9.17) is 28.2 Å². The second-order valence-corrected chi connectivity index (χ2v) is 15.8. The number of hydrogen-bond donors (Lipinski definition) is 2. The quantitative estimate of drug-likeness (QED) is 0.0850. The molecule has 2 aromatic carbocycles. The predicted molar refractivity (Wildman–Crippen MR) is 199 cm³/mol. The average molecular weight is 803 g/mol. The van der Waals surface area contributed by atoms with Crippen LogP contribution in [0.3, 0.4) is 0 Å². The van der Waals surface area contributed by atoms with Crippen LogP contribution in [0.15, 0.2) is 55.1 Å². The number of hydrogen-bond acceptors (Lipinski definition) is 6. The zero-order valence-corrected chi connectivity index (χ0v) is 31.6. The van der Waals surface area contributed by atoms with Gasteiger partial charge >= 0.3 is 0 Å². The molecule has 0 bridgehead atoms. The number of halogens is 6. The standard InChI is InChI=1S/C37H33Cl2F4N7O3S/c1-6-21-17-37(42,43)34-30(21)35(39)46-50(34)18-29(51)45-28(15-20-13-22(40)16-23(41)14-20)32-25(10-9-24(44-32)8-7-19(2)3)26-11-12-27(38)31-33(26)49(4)47-36(31)48-54(5,52)53/h6,9-14,16,19,21,28H,1,15,17-18H2,2-5H3,(H,45,51)(H,47,48). The monoisotopic (exact) mass is 801 g/mol. The molecule has 2 atom stereocenters. The van der Waals surface area contributed by atoms with Gasteiger partial charge in [0.25, 0.3) is 5.92 Å². The van der Waals surface area contributed by atoms with Gasteiger partial charge in [0.2, 0.25) is 15.9 Å². The van der Waals surface area contributed by atoms with Gasteiger partial charge in [0, 0.05) is 48.1 Å². The van der Waals surface area contributed by atoms with Crippen molar-refractivity contribution >= 4 is 55.9 Å². The van der Waals surface area contributed by atoms with Crippen molar-refractivity contribution in [2.75, 3.05) is 11.0 Å². The maximum atomic E-state index is 15.2. The van der Waals surface area contributed by atoms with E-state index in [9.17, 15) is 22.0 Å². The van der Waals surface area contributed by atoms with Gasteiger partial charge in [0.15, 0.2) is 11.0 Å². The summed E-state index contributed by atoms with van der Waals surface area (Å²) < 4.78 is 88.6. The number of aryl methyl sites for hydroxylation is 1. The Kier molecular flexibility index (Phi) is 10.6. The maximum absolute atomic E-state index is 15.2. The maximum Gasteiger partial charge on any atom is 0.290 e. The lowest BCUT2D eigenvalue weighted by molar-refractivity contribution is -0.122. The highest BCUT2D eigenvalue weighted by Gasteiger charge is 2.49. The summed E-state index contributed by atoms with van der Waals surface area (Å²) in [5.41, 5.74) is 1.46. The van der Waals surface area contributed by atoms with Gasteiger partial charge in [-0.2, -0.15) is 19.0 Å². The molecule has 10 nitrogen and oxygen atoms in total. The molecule has 1 aliphatic carbocycles. The Balaban J connectivity index is 1.52. The number of pyridine rings is 1. The Morgan fingerprint density at radius 3 is 2.44 bits per heavy atom. The number of allylic oxidation sites excluding steroid dienone is 1. The fourth-order valence-electron chi connectivity index (χ4n) is 6.61. The molecule has 5 aromatic rings. The third-order valence-corrected chi connectivity index (χ3v) is 9.82. The van der Waals surface area contributed by atoms with Gasteiger partial charge in [-0.15, -0.1) is 6.58 Å². The molecule has 0 spiro atoms. The van der Waals surface area contributed by atoms with Crippen molar-refractivity contribution in [1.82, 2.24) is 29.9 Å². The summed E-state index contributed by atoms with van der Waals surface area (Å²) >= 11 is 12.9. The highest BCUT2D eigenvalue weighted by molar-refractivity contribution is 7.92. The summed E-state index contributed by atoms with van der Waals surface area (Å²) in [5.74, 6) is -0.650. The number of carbonyl (C=O) groups is 1. The van der Waals surface area contributed by atoms with Crippen LogP contribution in [0.25, 0.3) is 22.0 Å². The summed E-state index contributed by atoms with van der Waals surface area (Å²) in [4.78, 5) is 18.7. The van der Waals surface area contributed by atoms with Crippen molar-refractivity contribution in [3.8, 4) is 23.0 Å². The highest BCUT2D eigenvalue weighted by atomic mass is 35.5. The van der Waals surface area contributed by atoms with Crippen molar-refractivity contribution in [2.24, 2.45) is 13.0 Å². The van der Waals surface area contributed by atoms with E-state index in [0.29, 0.717) is 28.4 Å². The first-order valence-electron chi connectivity index (χ1n) is 16.5. The predicted octanol–water partition coefficient (Wildman–Crippen LogP) is 7.66. The molecule has 0 fully saturated rings. The molecule has 1 aliphatic rings. The Morgan fingerprint density at radius 2 is 1.80 bits per heavy atom. The van der Waals surface area contributed by atoms with E-state index in [-0.39, 0.29) is 50.5 Å². The van der Waals surface area contributed by atoms with Crippen molar-refractivity contribution < 1.29 is 30.8 Å². The Bertz CT molecular complexity index is 2490. The molecule has 2 N–H and O–H groups in total. The van der Waals surface area contributed by atoms with Crippen LogP contribution < -0.4 is 10.0 Å². The van der Waals surface area contributed by atoms with Crippen LogP contribution in [0.4, 0.5) is 23.4 Å². The zero-order valence-electron chi connectivity index (χ0n) is 29.3. The molecule has 3 aromatic heterocycles. The van der Waals surface area contributed by atoms with Gasteiger partial charge in [-0.3, -0.25) is 18.9 Å². The lowest BCUT2D eigenvalue weighted by Gasteiger charge is -2.23. The van der Waals surface area contributed by atoms with Gasteiger partial charge < -0.3 is 5.32 Å². The third-order valence-electron chi connectivity index (χ3n) is 8.67. The molecule has 0 saturated carbocycles. The Labute approximate surface area is 318 Å². The van der Waals surface area contributed by atoms with Crippen LogP contribution in [-0.2, 0) is 40.8 Å². The first-order chi connectivity index (χ1) is 25.3. The number of fused-ring (bicyclic) bond motifs is 2. The molecule has 6 rings (SSSR count). The molecular weight excluding hydrogens is 769 g/mol. The third kappa shape index (κ3) is 7.96. The molecule has 282 valence electrons. The molecule has 54 heavy (non-hydrogen) atoms. The molecule has 0 radical (unpaired) electrons. The second-order valence-electron chi connectivity index (χ2n) is 13.3. The number of aromatic nitrogens is 5. The molecule has 0 saturated heterocycles. The highest BCUT2D eigenvalue weighted by Crippen LogP contribution is 2.51. The number of sulfonamides is 1. The number of anilines is 1. The van der Waals surface area contributed by atoms with E-state index >= 15 is 8.78 Å². The lowest BCUT2D eigenvalue weighted by atomic mass is 9.93. The number of nitrogens with one attached hydrogen (secondary N) is 2. The first-order valence-corrected chi connectivity index (χ1v) is 19.2. The summed E-state index contributed by atoms with van der Waals surface area (Å²) in [6.45, 7) is 6.72. The minimum absolute atomic E-state index is 0.0308. The topological polar surface area (TPSA) is 124 Å². The SMILES string of the molecule is C=CC1CC(F)(F)c2c1c(Cl)nn2CC(=O)NC(Cc1cc(F)cc(F)c1)c1nc(C#CC(C)C)ccc1-c1ccc(Cl)c2c(NS(C)(=O)=O)nn(C)c12. The van der Waals surface area contributed by atoms with Gasteiger partial charge in [-0.1, -0.05) is 55.1 Å². The van der Waals surface area contributed by atoms with E-state index in [1.807, 2.05) is 13.8 Å². The fourth-order valence-corrected chi connectivity index (χ4v) is 7.66. The van der Waals surface area contributed by atoms with E-state index in [0.717, 1.165) is 23.1 Å². The smallest absolute Gasteiger partial charge is 0.290 e. The van der Waals surface area contributed by atoms with E-state index in [2.05, 4.69) is 38.7 Å². The lowest BCUT2D eigenvalue weighted by Crippen LogP contribution is -2.35. The minimum atomic E-state index is -3.77. The zero-order chi connectivity index (χ0) is 39.3. The molecule has 3 heterocycles. The van der Waals surface area contributed by atoms with E-state index in [1.54, 1.807) is 31.3 Å². The first kappa shape index (κ1) is 38.8. The van der Waals surface area contributed by atoms with Crippen molar-refractivity contribution in [3.63, 3.8) is 0 Å². The van der Waals surface area contributed by atoms with Crippen LogP contribution in [0.5, 0.6) is 0 Å². The number of benzene rings is 2. The summed E-state index contributed by atoms with van der Waals surface area (Å²) in [5, 5.41) is 11.5. The van der Waals surface area contributed by atoms with Crippen LogP contribution in [-0.4, -0.2) is 45.1 Å². The second kappa shape index (κ2) is 14.7. The van der Waals surface area contributed by atoms with Crippen LogP contribution in [0, 0.1) is 29.4 Å². The van der Waals surface area contributed by atoms with Crippen LogP contribution in [0.1, 0.15) is 60.4 Å². The number of rotatable bonds is 10. The number of alkyl halides is 2. The summed E-state index contributed by atoms with van der Waals surface area (Å²) in [6, 6.07) is 8.29. The van der Waals surface area contributed by atoms with Gasteiger partial charge in [0.1, 0.15) is 29.6 Å². The van der Waals surface area contributed by atoms with Gasteiger partial charge in [-0.25, -0.2) is 22.2 Å². The largest absolute Gasteiger partial charge is 0.346 e. The number of amides is 1. The van der Waals surface area contributed by atoms with Crippen molar-refractivity contribution in [3.05, 3.63) is 105 Å². The normalized spacial score (nSPS) is 15.5. The van der Waals surface area contributed by atoms with Crippen LogP contribution in [0.2, 0.25) is 10.2 Å². The van der Waals surface area contributed by atoms with Crippen molar-refractivity contribution in [2.45, 2.75) is 51.1 Å². The molecular formula is C37H33Cl2F4N7O3S. The van der Waals surface area contributed by atoms with Crippen LogP contribution >= 0.6 is 23.2 Å². The molecule has 17 heteroatoms. The Morgan fingerprint density at radius 1 is 1.11 bits per heavy atom. The molecule has 0 aliphatic heterocycles. The van der Waals surface area contributed by atoms with Crippen molar-refractivity contribution in [1.29, 1.82) is 0 Å². The summed E-state index contributed by atoms with van der Waals surface area (Å²) in [6.07, 6.45) is 1.53. The number of nitrogens with zero attached hydrogens (tertiary/aromatic N) is 5. The van der Waals surface area contributed by atoms with Gasteiger partial charge in [0.05, 0.1) is 33.9 Å². The molecule has 2 unspecified atom stereocenters. The average Bonchev–Trinajstić information content (AvgIpc) is 3.67. The summed E-state index contributed by atoms with van der Waals surface area (Å²) in [7, 11) is -2.19. The minimum Gasteiger partial charge on any atom is -0.346 e.